The lowest BCUT2D eigenvalue weighted by molar-refractivity contribution is 0.0664. The molecule has 0 radical (unpaired) electrons. The Bertz CT molecular complexity index is 557. The molecule has 0 unspecified atom stereocenters. The van der Waals surface area contributed by atoms with Crippen LogP contribution in [0.4, 0.5) is 0 Å². The SMILES string of the molecule is Cc1c(C(=O)O)oc2c(Cl)cc(Cl)cc12. The van der Waals surface area contributed by atoms with Crippen LogP contribution in [0, 0.1) is 6.92 Å². The number of hydrogen-bond donors (Lipinski definition) is 1. The van der Waals surface area contributed by atoms with Crippen LogP contribution < -0.4 is 0 Å². The van der Waals surface area contributed by atoms with E-state index in [1.54, 1.807) is 13.0 Å². The summed E-state index contributed by atoms with van der Waals surface area (Å²) in [5, 5.41) is 10.3. The van der Waals surface area contributed by atoms with Gasteiger partial charge >= 0.3 is 5.97 Å². The van der Waals surface area contributed by atoms with E-state index in [1.807, 2.05) is 0 Å². The molecule has 0 aliphatic carbocycles. The van der Waals surface area contributed by atoms with Crippen molar-refractivity contribution >= 4 is 40.1 Å². The normalized spacial score (nSPS) is 10.9. The van der Waals surface area contributed by atoms with Gasteiger partial charge in [-0.1, -0.05) is 23.2 Å². The Balaban J connectivity index is 2.88. The second-order valence-corrected chi connectivity index (χ2v) is 3.97. The summed E-state index contributed by atoms with van der Waals surface area (Å²) in [6.07, 6.45) is 0. The summed E-state index contributed by atoms with van der Waals surface area (Å²) in [7, 11) is 0. The molecule has 5 heteroatoms. The molecule has 0 aliphatic heterocycles. The largest absolute Gasteiger partial charge is 0.475 e. The van der Waals surface area contributed by atoms with Crippen LogP contribution in [-0.2, 0) is 0 Å². The summed E-state index contributed by atoms with van der Waals surface area (Å²) in [5.41, 5.74) is 0.887. The number of aryl methyl sites for hydroxylation is 1. The Morgan fingerprint density at radius 2 is 2.07 bits per heavy atom. The fraction of sp³-hybridized carbons (Fsp3) is 0.100. The van der Waals surface area contributed by atoms with Crippen molar-refractivity contribution in [1.29, 1.82) is 0 Å². The van der Waals surface area contributed by atoms with Crippen LogP contribution in [0.2, 0.25) is 10.0 Å². The molecule has 1 aromatic heterocycles. The van der Waals surface area contributed by atoms with Crippen LogP contribution >= 0.6 is 23.2 Å². The second kappa shape index (κ2) is 3.43. The number of halogens is 2. The highest BCUT2D eigenvalue weighted by atomic mass is 35.5. The smallest absolute Gasteiger partial charge is 0.372 e. The highest BCUT2D eigenvalue weighted by Crippen LogP contribution is 2.33. The lowest BCUT2D eigenvalue weighted by Gasteiger charge is -1.94. The maximum Gasteiger partial charge on any atom is 0.372 e. The van der Waals surface area contributed by atoms with Crippen molar-refractivity contribution in [2.45, 2.75) is 6.92 Å². The highest BCUT2D eigenvalue weighted by molar-refractivity contribution is 6.38. The first-order valence-corrected chi connectivity index (χ1v) is 4.87. The number of carboxylic acids is 1. The van der Waals surface area contributed by atoms with E-state index in [0.717, 1.165) is 0 Å². The van der Waals surface area contributed by atoms with Gasteiger partial charge in [0.2, 0.25) is 5.76 Å². The Labute approximate surface area is 95.2 Å². The number of carbonyl (C=O) groups is 1. The van der Waals surface area contributed by atoms with Crippen molar-refractivity contribution in [2.75, 3.05) is 0 Å². The summed E-state index contributed by atoms with van der Waals surface area (Å²) in [6.45, 7) is 1.65. The van der Waals surface area contributed by atoms with Crippen LogP contribution in [0.1, 0.15) is 16.1 Å². The predicted molar refractivity (Wildman–Crippen MR) is 57.9 cm³/mol. The molecule has 78 valence electrons. The average molecular weight is 245 g/mol. The summed E-state index contributed by atoms with van der Waals surface area (Å²) in [6, 6.07) is 3.15. The zero-order valence-corrected chi connectivity index (χ0v) is 9.19. The molecule has 0 spiro atoms. The Morgan fingerprint density at radius 3 is 2.67 bits per heavy atom. The number of hydrogen-bond acceptors (Lipinski definition) is 2. The fourth-order valence-electron chi connectivity index (χ4n) is 1.45. The maximum atomic E-state index is 10.8. The molecule has 0 aliphatic rings. The van der Waals surface area contributed by atoms with Crippen LogP contribution in [0.25, 0.3) is 11.0 Å². The van der Waals surface area contributed by atoms with Gasteiger partial charge in [0, 0.05) is 16.0 Å². The van der Waals surface area contributed by atoms with Crippen LogP contribution in [0.3, 0.4) is 0 Å². The van der Waals surface area contributed by atoms with Gasteiger partial charge in [0.05, 0.1) is 5.02 Å². The summed E-state index contributed by atoms with van der Waals surface area (Å²) in [4.78, 5) is 10.8. The van der Waals surface area contributed by atoms with Crippen LogP contribution in [-0.4, -0.2) is 11.1 Å². The minimum atomic E-state index is -1.11. The van der Waals surface area contributed by atoms with Crippen molar-refractivity contribution in [1.82, 2.24) is 0 Å². The molecule has 0 saturated carbocycles. The first-order chi connectivity index (χ1) is 7.00. The van der Waals surface area contributed by atoms with Crippen molar-refractivity contribution in [3.63, 3.8) is 0 Å². The molecule has 3 nitrogen and oxygen atoms in total. The van der Waals surface area contributed by atoms with Gasteiger partial charge in [-0.25, -0.2) is 4.79 Å². The quantitative estimate of drug-likeness (QED) is 0.832. The number of carboxylic acid groups (broad SMARTS) is 1. The number of aromatic carboxylic acids is 1. The van der Waals surface area contributed by atoms with Crippen molar-refractivity contribution in [3.8, 4) is 0 Å². The third kappa shape index (κ3) is 1.58. The maximum absolute atomic E-state index is 10.8. The van der Waals surface area contributed by atoms with Gasteiger partial charge in [-0.2, -0.15) is 0 Å². The van der Waals surface area contributed by atoms with Crippen molar-refractivity contribution in [2.24, 2.45) is 0 Å². The summed E-state index contributed by atoms with van der Waals surface area (Å²) < 4.78 is 5.16. The van der Waals surface area contributed by atoms with Gasteiger partial charge in [0.15, 0.2) is 5.58 Å². The van der Waals surface area contributed by atoms with Crippen LogP contribution in [0.5, 0.6) is 0 Å². The minimum absolute atomic E-state index is 0.103. The third-order valence-electron chi connectivity index (χ3n) is 2.15. The lowest BCUT2D eigenvalue weighted by Crippen LogP contribution is -1.95. The number of fused-ring (bicyclic) bond motifs is 1. The number of benzene rings is 1. The monoisotopic (exact) mass is 244 g/mol. The summed E-state index contributed by atoms with van der Waals surface area (Å²) >= 11 is 11.7. The summed E-state index contributed by atoms with van der Waals surface area (Å²) in [5.74, 6) is -1.22. The Morgan fingerprint density at radius 1 is 1.40 bits per heavy atom. The standard InChI is InChI=1S/C10H6Cl2O3/c1-4-6-2-5(11)3-7(12)9(6)15-8(4)10(13)14/h2-3H,1H3,(H,13,14). The van der Waals surface area contributed by atoms with E-state index < -0.39 is 5.97 Å². The third-order valence-corrected chi connectivity index (χ3v) is 2.65. The molecule has 15 heavy (non-hydrogen) atoms. The van der Waals surface area contributed by atoms with E-state index in [9.17, 15) is 4.79 Å². The van der Waals surface area contributed by atoms with Crippen molar-refractivity contribution < 1.29 is 14.3 Å². The Kier molecular flexibility index (Phi) is 2.37. The average Bonchev–Trinajstić information content (AvgIpc) is 2.44. The fourth-order valence-corrected chi connectivity index (χ4v) is 1.98. The van der Waals surface area contributed by atoms with E-state index >= 15 is 0 Å². The minimum Gasteiger partial charge on any atom is -0.475 e. The van der Waals surface area contributed by atoms with Gasteiger partial charge < -0.3 is 9.52 Å². The van der Waals surface area contributed by atoms with Crippen molar-refractivity contribution in [3.05, 3.63) is 33.5 Å². The highest BCUT2D eigenvalue weighted by Gasteiger charge is 2.18. The molecule has 2 rings (SSSR count). The lowest BCUT2D eigenvalue weighted by atomic mass is 10.1. The molecular weight excluding hydrogens is 239 g/mol. The molecule has 1 aromatic carbocycles. The van der Waals surface area contributed by atoms with Gasteiger partial charge in [-0.3, -0.25) is 0 Å². The van der Waals surface area contributed by atoms with Gasteiger partial charge in [0.1, 0.15) is 0 Å². The molecule has 0 amide bonds. The van der Waals surface area contributed by atoms with E-state index in [2.05, 4.69) is 0 Å². The predicted octanol–water partition coefficient (Wildman–Crippen LogP) is 3.75. The van der Waals surface area contributed by atoms with E-state index in [0.29, 0.717) is 26.6 Å². The van der Waals surface area contributed by atoms with Gasteiger partial charge in [0.25, 0.3) is 0 Å². The van der Waals surface area contributed by atoms with E-state index in [4.69, 9.17) is 32.7 Å². The van der Waals surface area contributed by atoms with Gasteiger partial charge in [-0.05, 0) is 19.1 Å². The first kappa shape index (κ1) is 10.3. The number of rotatable bonds is 1. The Hall–Kier alpha value is -1.19. The molecule has 0 bridgehead atoms. The molecule has 1 heterocycles. The van der Waals surface area contributed by atoms with E-state index in [1.165, 1.54) is 6.07 Å². The molecule has 0 atom stereocenters. The topological polar surface area (TPSA) is 50.4 Å². The van der Waals surface area contributed by atoms with Gasteiger partial charge in [-0.15, -0.1) is 0 Å². The zero-order valence-electron chi connectivity index (χ0n) is 7.67. The molecule has 2 aromatic rings. The second-order valence-electron chi connectivity index (χ2n) is 3.13. The molecular formula is C10H6Cl2O3. The molecule has 1 N–H and O–H groups in total. The molecule has 0 saturated heterocycles. The zero-order chi connectivity index (χ0) is 11.2. The number of furan rings is 1. The molecule has 0 fully saturated rings. The first-order valence-electron chi connectivity index (χ1n) is 4.12. The van der Waals surface area contributed by atoms with Crippen LogP contribution in [0.15, 0.2) is 16.5 Å². The van der Waals surface area contributed by atoms with E-state index in [-0.39, 0.29) is 5.76 Å².